The van der Waals surface area contributed by atoms with Gasteiger partial charge in [0.15, 0.2) is 0 Å². The van der Waals surface area contributed by atoms with Crippen LogP contribution in [0.2, 0.25) is 0 Å². The van der Waals surface area contributed by atoms with Crippen molar-refractivity contribution in [2.45, 2.75) is 13.0 Å². The second-order valence-electron chi connectivity index (χ2n) is 8.06. The lowest BCUT2D eigenvalue weighted by atomic mass is 10.0. The minimum atomic E-state index is 0.0999. The minimum absolute atomic E-state index is 0.0999. The van der Waals surface area contributed by atoms with E-state index in [-0.39, 0.29) is 6.04 Å². The zero-order valence-corrected chi connectivity index (χ0v) is 18.5. The van der Waals surface area contributed by atoms with Gasteiger partial charge < -0.3 is 0 Å². The maximum Gasteiger partial charge on any atom is 0.113 e. The molecule has 0 radical (unpaired) electrons. The molecule has 4 heteroatoms. The van der Waals surface area contributed by atoms with Crippen LogP contribution >= 0.6 is 11.3 Å². The second-order valence-corrected chi connectivity index (χ2v) is 9.14. The van der Waals surface area contributed by atoms with E-state index >= 15 is 0 Å². The number of hydrogen-bond donors (Lipinski definition) is 0. The predicted molar refractivity (Wildman–Crippen MR) is 134 cm³/mol. The van der Waals surface area contributed by atoms with Gasteiger partial charge >= 0.3 is 0 Å². The van der Waals surface area contributed by atoms with E-state index < -0.39 is 0 Å². The van der Waals surface area contributed by atoms with Crippen molar-refractivity contribution in [3.63, 3.8) is 0 Å². The average Bonchev–Trinajstić information content (AvgIpc) is 3.49. The van der Waals surface area contributed by atoms with Crippen molar-refractivity contribution >= 4 is 31.5 Å². The molecular weight excluding hydrogens is 410 g/mol. The standard InChI is InChI=1S/C28H21N3S/c1-19(23-15-16-28-25(17-23)24-9-5-6-10-27(24)32-28)31-18-26(29-30-31)22-13-11-21(12-14-22)20-7-3-2-4-8-20/h2-19H,1H3. The van der Waals surface area contributed by atoms with Gasteiger partial charge in [-0.2, -0.15) is 0 Å². The molecule has 2 aromatic heterocycles. The summed E-state index contributed by atoms with van der Waals surface area (Å²) >= 11 is 1.84. The van der Waals surface area contributed by atoms with Crippen LogP contribution < -0.4 is 0 Å². The van der Waals surface area contributed by atoms with Crippen LogP contribution in [0.4, 0.5) is 0 Å². The van der Waals surface area contributed by atoms with Gasteiger partial charge in [0.25, 0.3) is 0 Å². The second kappa shape index (κ2) is 7.74. The van der Waals surface area contributed by atoms with E-state index in [2.05, 4.69) is 108 Å². The quantitative estimate of drug-likeness (QED) is 0.288. The molecule has 0 fully saturated rings. The Morgan fingerprint density at radius 2 is 1.38 bits per heavy atom. The normalized spacial score (nSPS) is 12.4. The lowest BCUT2D eigenvalue weighted by Gasteiger charge is -2.12. The topological polar surface area (TPSA) is 30.7 Å². The molecule has 32 heavy (non-hydrogen) atoms. The van der Waals surface area contributed by atoms with Crippen molar-refractivity contribution in [1.29, 1.82) is 0 Å². The van der Waals surface area contributed by atoms with E-state index in [0.717, 1.165) is 11.3 Å². The van der Waals surface area contributed by atoms with Crippen LogP contribution in [0, 0.1) is 0 Å². The summed E-state index contributed by atoms with van der Waals surface area (Å²) in [5.41, 5.74) is 5.61. The fourth-order valence-electron chi connectivity index (χ4n) is 4.22. The summed E-state index contributed by atoms with van der Waals surface area (Å²) in [6.07, 6.45) is 2.04. The summed E-state index contributed by atoms with van der Waals surface area (Å²) in [6, 6.07) is 34.4. The highest BCUT2D eigenvalue weighted by molar-refractivity contribution is 7.25. The molecular formula is C28H21N3S. The van der Waals surface area contributed by atoms with Gasteiger partial charge in [0.1, 0.15) is 5.69 Å². The van der Waals surface area contributed by atoms with Gasteiger partial charge in [0.2, 0.25) is 0 Å². The summed E-state index contributed by atoms with van der Waals surface area (Å²) in [4.78, 5) is 0. The van der Waals surface area contributed by atoms with E-state index in [0.29, 0.717) is 0 Å². The van der Waals surface area contributed by atoms with Crippen LogP contribution in [-0.2, 0) is 0 Å². The molecule has 1 atom stereocenters. The van der Waals surface area contributed by atoms with Gasteiger partial charge in [-0.05, 0) is 41.8 Å². The Kier molecular flexibility index (Phi) is 4.58. The van der Waals surface area contributed by atoms with Crippen LogP contribution in [0.5, 0.6) is 0 Å². The number of aromatic nitrogens is 3. The molecule has 0 aliphatic rings. The lowest BCUT2D eigenvalue weighted by Crippen LogP contribution is -2.07. The van der Waals surface area contributed by atoms with Crippen molar-refractivity contribution in [2.24, 2.45) is 0 Å². The Morgan fingerprint density at radius 3 is 2.22 bits per heavy atom. The van der Waals surface area contributed by atoms with Crippen molar-refractivity contribution < 1.29 is 0 Å². The van der Waals surface area contributed by atoms with Crippen LogP contribution in [0.3, 0.4) is 0 Å². The lowest BCUT2D eigenvalue weighted by molar-refractivity contribution is 0.543. The number of rotatable bonds is 4. The van der Waals surface area contributed by atoms with Crippen molar-refractivity contribution in [3.05, 3.63) is 109 Å². The summed E-state index contributed by atoms with van der Waals surface area (Å²) in [5.74, 6) is 0. The largest absolute Gasteiger partial charge is 0.245 e. The zero-order chi connectivity index (χ0) is 21.5. The zero-order valence-electron chi connectivity index (χ0n) is 17.6. The molecule has 0 aliphatic heterocycles. The highest BCUT2D eigenvalue weighted by atomic mass is 32.1. The Labute approximate surface area is 190 Å². The molecule has 0 amide bonds. The highest BCUT2D eigenvalue weighted by Crippen LogP contribution is 2.35. The molecule has 6 rings (SSSR count). The first kappa shape index (κ1) is 19.0. The van der Waals surface area contributed by atoms with Gasteiger partial charge in [-0.15, -0.1) is 16.4 Å². The monoisotopic (exact) mass is 431 g/mol. The van der Waals surface area contributed by atoms with Crippen molar-refractivity contribution in [1.82, 2.24) is 15.0 Å². The third-order valence-electron chi connectivity index (χ3n) is 6.08. The summed E-state index contributed by atoms with van der Waals surface area (Å²) in [7, 11) is 0. The summed E-state index contributed by atoms with van der Waals surface area (Å²) < 4.78 is 4.60. The first-order valence-corrected chi connectivity index (χ1v) is 11.6. The molecule has 0 saturated carbocycles. The maximum atomic E-state index is 4.45. The van der Waals surface area contributed by atoms with Gasteiger partial charge in [-0.1, -0.05) is 84.1 Å². The average molecular weight is 432 g/mol. The van der Waals surface area contributed by atoms with E-state index in [1.807, 2.05) is 28.3 Å². The van der Waals surface area contributed by atoms with Crippen LogP contribution in [0.25, 0.3) is 42.6 Å². The van der Waals surface area contributed by atoms with E-state index in [1.54, 1.807) is 0 Å². The first-order chi connectivity index (χ1) is 15.8. The molecule has 0 saturated heterocycles. The van der Waals surface area contributed by atoms with Gasteiger partial charge in [-0.3, -0.25) is 0 Å². The third-order valence-corrected chi connectivity index (χ3v) is 7.23. The molecule has 4 aromatic carbocycles. The molecule has 154 valence electrons. The number of fused-ring (bicyclic) bond motifs is 3. The van der Waals surface area contributed by atoms with Gasteiger partial charge in [0.05, 0.1) is 12.2 Å². The summed E-state index contributed by atoms with van der Waals surface area (Å²) in [6.45, 7) is 2.17. The number of thiophene rings is 1. The number of nitrogens with zero attached hydrogens (tertiary/aromatic N) is 3. The van der Waals surface area contributed by atoms with Crippen LogP contribution in [0.15, 0.2) is 103 Å². The highest BCUT2D eigenvalue weighted by Gasteiger charge is 2.14. The van der Waals surface area contributed by atoms with Crippen molar-refractivity contribution in [2.75, 3.05) is 0 Å². The minimum Gasteiger partial charge on any atom is -0.245 e. The number of hydrogen-bond acceptors (Lipinski definition) is 3. The Hall–Kier alpha value is -3.76. The van der Waals surface area contributed by atoms with Crippen LogP contribution in [0.1, 0.15) is 18.5 Å². The summed E-state index contributed by atoms with van der Waals surface area (Å²) in [5, 5.41) is 11.5. The fourth-order valence-corrected chi connectivity index (χ4v) is 5.31. The first-order valence-electron chi connectivity index (χ1n) is 10.8. The molecule has 0 N–H and O–H groups in total. The van der Waals surface area contributed by atoms with Gasteiger partial charge in [0, 0.05) is 25.7 Å². The Bertz CT molecular complexity index is 1530. The van der Waals surface area contributed by atoms with Crippen LogP contribution in [-0.4, -0.2) is 15.0 Å². The Balaban J connectivity index is 1.30. The number of benzene rings is 4. The molecule has 2 heterocycles. The molecule has 3 nitrogen and oxygen atoms in total. The van der Waals surface area contributed by atoms with Gasteiger partial charge in [-0.25, -0.2) is 4.68 Å². The third kappa shape index (κ3) is 3.29. The van der Waals surface area contributed by atoms with Crippen molar-refractivity contribution in [3.8, 4) is 22.4 Å². The Morgan fingerprint density at radius 1 is 0.688 bits per heavy atom. The molecule has 0 bridgehead atoms. The maximum absolute atomic E-state index is 4.45. The van der Waals surface area contributed by atoms with E-state index in [1.165, 1.54) is 36.9 Å². The van der Waals surface area contributed by atoms with E-state index in [9.17, 15) is 0 Å². The molecule has 6 aromatic rings. The predicted octanol–water partition coefficient (Wildman–Crippen LogP) is 7.59. The fraction of sp³-hybridized carbons (Fsp3) is 0.0714. The molecule has 0 spiro atoms. The SMILES string of the molecule is CC(c1ccc2sc3ccccc3c2c1)n1cc(-c2ccc(-c3ccccc3)cc2)nn1. The molecule has 0 aliphatic carbocycles. The van der Waals surface area contributed by atoms with E-state index in [4.69, 9.17) is 0 Å². The molecule has 1 unspecified atom stereocenters. The smallest absolute Gasteiger partial charge is 0.113 e.